The van der Waals surface area contributed by atoms with Crippen molar-refractivity contribution in [3.05, 3.63) is 0 Å². The van der Waals surface area contributed by atoms with Gasteiger partial charge >= 0.3 is 0 Å². The monoisotopic (exact) mass is 794 g/mol. The molecule has 54 heavy (non-hydrogen) atoms. The molecular weight excluding hydrogens is 748 g/mol. The predicted molar refractivity (Wildman–Crippen MR) is 161 cm³/mol. The van der Waals surface area contributed by atoms with Crippen LogP contribution in [0, 0.1) is 5.41 Å². The van der Waals surface area contributed by atoms with Gasteiger partial charge in [-0.3, -0.25) is 14.9 Å². The molecule has 0 aromatic heterocycles. The van der Waals surface area contributed by atoms with Gasteiger partial charge in [-0.1, -0.05) is 0 Å². The summed E-state index contributed by atoms with van der Waals surface area (Å²) in [7, 11) is 0. The molecule has 4 fully saturated rings. The standard InChI is InChI=1S/C28H46N2O24/c1-7(35)27(47)19(43)15(41)23(51-17-8(3-31)49-21(45)13(39)11(17)37)53-25(27,5-33)30-26(6-34)28(48,10(36)2-29)20(44)16(42)24(54-26)52-18-9(4-32)50-22(46)14(40)12(18)38/h2,8-9,11-24,29-34,37-48H,3-6H2,1H3/t8-,9-,11-,12-,13-,14-,15-,16-,17-,18-,19+,20+,21-,22-,23+,24+,25-,26-,27-,28-/m1/s1. The zero-order valence-corrected chi connectivity index (χ0v) is 28.1. The number of aliphatic hydroxyl groups excluding tert-OH is 14. The van der Waals surface area contributed by atoms with Crippen molar-refractivity contribution in [2.45, 2.75) is 128 Å². The van der Waals surface area contributed by atoms with Crippen molar-refractivity contribution in [3.63, 3.8) is 0 Å². The maximum Gasteiger partial charge on any atom is 0.211 e. The quantitative estimate of drug-likeness (QED) is 0.0770. The van der Waals surface area contributed by atoms with Gasteiger partial charge in [0.05, 0.1) is 32.6 Å². The molecule has 0 radical (unpaired) electrons. The van der Waals surface area contributed by atoms with E-state index in [1.54, 1.807) is 0 Å². The molecule has 26 heteroatoms. The van der Waals surface area contributed by atoms with Crippen LogP contribution in [-0.2, 0) is 38.0 Å². The third-order valence-corrected chi connectivity index (χ3v) is 10.1. The average Bonchev–Trinajstić information content (AvgIpc) is 3.15. The second kappa shape index (κ2) is 16.5. The van der Waals surface area contributed by atoms with Crippen molar-refractivity contribution in [2.75, 3.05) is 26.4 Å². The summed E-state index contributed by atoms with van der Waals surface area (Å²) in [4.78, 5) is 26.4. The highest BCUT2D eigenvalue weighted by Crippen LogP contribution is 2.45. The first kappa shape index (κ1) is 44.8. The van der Waals surface area contributed by atoms with Gasteiger partial charge < -0.3 is 116 Å². The summed E-state index contributed by atoms with van der Waals surface area (Å²) >= 11 is 0. The second-order valence-electron chi connectivity index (χ2n) is 13.2. The minimum absolute atomic E-state index is 0.154. The Kier molecular flexibility index (Phi) is 13.7. The van der Waals surface area contributed by atoms with Gasteiger partial charge in [-0.25, -0.2) is 0 Å². The SMILES string of the molecule is CC(=O)[C@@]1(O)[C@@H](O)[C@@H](O)[C@@H](O[C@H]2[C@H](O)[C@@H](O)[C@H](O)O[C@@H]2CO)O[C@@]1(CO)N[C@]1(CO)O[C@H](O[C@H]2[C@H](O)[C@@H](O)[C@H](O)O[C@@H]2CO)[C@H](O)[C@H](O)[C@]1(O)C(=O)C=N. The van der Waals surface area contributed by atoms with Crippen LogP contribution < -0.4 is 5.32 Å². The number of hydrogen-bond acceptors (Lipinski definition) is 26. The summed E-state index contributed by atoms with van der Waals surface area (Å²) in [5.41, 5.74) is -14.7. The van der Waals surface area contributed by atoms with Gasteiger partial charge in [0.2, 0.25) is 11.4 Å². The predicted octanol–water partition coefficient (Wildman–Crippen LogP) is -12.0. The minimum atomic E-state index is -3.87. The average molecular weight is 795 g/mol. The van der Waals surface area contributed by atoms with E-state index in [0.717, 1.165) is 0 Å². The van der Waals surface area contributed by atoms with Crippen LogP contribution in [0.3, 0.4) is 0 Å². The maximum absolute atomic E-state index is 13.2. The summed E-state index contributed by atoms with van der Waals surface area (Å²) in [6, 6.07) is 0. The fraction of sp³-hybridized carbons (Fsp3) is 0.893. The summed E-state index contributed by atoms with van der Waals surface area (Å²) in [5, 5.41) is 180. The molecule has 0 aliphatic carbocycles. The maximum atomic E-state index is 13.2. The van der Waals surface area contributed by atoms with Crippen LogP contribution in [-0.4, -0.2) is 247 Å². The zero-order chi connectivity index (χ0) is 40.9. The van der Waals surface area contributed by atoms with E-state index >= 15 is 0 Å². The third-order valence-electron chi connectivity index (χ3n) is 10.1. The molecule has 0 bridgehead atoms. The van der Waals surface area contributed by atoms with Crippen LogP contribution in [0.15, 0.2) is 0 Å². The van der Waals surface area contributed by atoms with E-state index in [0.29, 0.717) is 6.92 Å². The Morgan fingerprint density at radius 1 is 0.648 bits per heavy atom. The lowest BCUT2D eigenvalue weighted by molar-refractivity contribution is -0.427. The van der Waals surface area contributed by atoms with Gasteiger partial charge in [0.25, 0.3) is 0 Å². The molecule has 20 atom stereocenters. The van der Waals surface area contributed by atoms with Crippen LogP contribution in [0.1, 0.15) is 6.92 Å². The highest BCUT2D eigenvalue weighted by atomic mass is 16.8. The van der Waals surface area contributed by atoms with Gasteiger partial charge in [-0.2, -0.15) is 0 Å². The molecule has 4 saturated heterocycles. The summed E-state index contributed by atoms with van der Waals surface area (Å²) in [6.07, 6.45) is -36.7. The lowest BCUT2D eigenvalue weighted by Gasteiger charge is -2.61. The van der Waals surface area contributed by atoms with E-state index in [4.69, 9.17) is 33.8 Å². The van der Waals surface area contributed by atoms with Crippen LogP contribution in [0.4, 0.5) is 0 Å². The van der Waals surface area contributed by atoms with Crippen molar-refractivity contribution >= 4 is 17.8 Å². The molecule has 4 aliphatic heterocycles. The first-order chi connectivity index (χ1) is 25.1. The molecule has 4 heterocycles. The number of ketones is 2. The molecular formula is C28H46N2O24. The summed E-state index contributed by atoms with van der Waals surface area (Å²) in [5.74, 6) is -3.49. The van der Waals surface area contributed by atoms with E-state index in [2.05, 4.69) is 0 Å². The normalized spacial score (nSPS) is 51.4. The van der Waals surface area contributed by atoms with Crippen LogP contribution in [0.25, 0.3) is 0 Å². The summed E-state index contributed by atoms with van der Waals surface area (Å²) in [6.45, 7) is -5.25. The van der Waals surface area contributed by atoms with Crippen molar-refractivity contribution < 1.29 is 120 Å². The molecule has 0 saturated carbocycles. The second-order valence-corrected chi connectivity index (χ2v) is 13.2. The summed E-state index contributed by atoms with van der Waals surface area (Å²) < 4.78 is 32.0. The fourth-order valence-electron chi connectivity index (χ4n) is 6.90. The zero-order valence-electron chi connectivity index (χ0n) is 28.1. The van der Waals surface area contributed by atoms with E-state index in [1.165, 1.54) is 0 Å². The molecule has 0 unspecified atom stereocenters. The number of ether oxygens (including phenoxy) is 6. The van der Waals surface area contributed by atoms with E-state index in [-0.39, 0.29) is 6.21 Å². The first-order valence-electron chi connectivity index (χ1n) is 16.1. The van der Waals surface area contributed by atoms with Gasteiger partial charge in [0, 0.05) is 0 Å². The first-order valence-corrected chi connectivity index (χ1v) is 16.1. The minimum Gasteiger partial charge on any atom is -0.394 e. The van der Waals surface area contributed by atoms with E-state index in [1.807, 2.05) is 5.32 Å². The Bertz CT molecular complexity index is 1350. The number of aliphatic hydroxyl groups is 16. The highest BCUT2D eigenvalue weighted by Gasteiger charge is 2.75. The molecule has 26 nitrogen and oxygen atoms in total. The van der Waals surface area contributed by atoms with Crippen molar-refractivity contribution in [1.82, 2.24) is 5.32 Å². The molecule has 4 rings (SSSR count). The topological polar surface area (TPSA) is 449 Å². The van der Waals surface area contributed by atoms with Crippen molar-refractivity contribution in [3.8, 4) is 0 Å². The number of carbonyl (C=O) groups is 2. The molecule has 0 aromatic rings. The van der Waals surface area contributed by atoms with Crippen molar-refractivity contribution in [1.29, 1.82) is 5.41 Å². The molecule has 4 aliphatic rings. The molecule has 0 aromatic carbocycles. The van der Waals surface area contributed by atoms with E-state index in [9.17, 15) is 91.3 Å². The third kappa shape index (κ3) is 6.92. The molecule has 312 valence electrons. The highest BCUT2D eigenvalue weighted by molar-refractivity contribution is 6.30. The Hall–Kier alpha value is -1.91. The van der Waals surface area contributed by atoms with E-state index < -0.39 is 159 Å². The fourth-order valence-corrected chi connectivity index (χ4v) is 6.90. The Balaban J connectivity index is 1.86. The largest absolute Gasteiger partial charge is 0.394 e. The Morgan fingerprint density at radius 3 is 1.35 bits per heavy atom. The lowest BCUT2D eigenvalue weighted by atomic mass is 9.72. The molecule has 0 spiro atoms. The van der Waals surface area contributed by atoms with Crippen LogP contribution >= 0.6 is 0 Å². The number of hydrogen-bond donors (Lipinski definition) is 18. The number of carbonyl (C=O) groups excluding carboxylic acids is 2. The Morgan fingerprint density at radius 2 is 1.02 bits per heavy atom. The smallest absolute Gasteiger partial charge is 0.211 e. The lowest BCUT2D eigenvalue weighted by Crippen LogP contribution is -2.90. The number of nitrogens with one attached hydrogen (secondary N) is 2. The van der Waals surface area contributed by atoms with Crippen molar-refractivity contribution in [2.24, 2.45) is 0 Å². The number of Topliss-reactive ketones (excluding diaryl/α,β-unsaturated/α-hetero) is 2. The van der Waals surface area contributed by atoms with Gasteiger partial charge in [0.15, 0.2) is 48.0 Å². The van der Waals surface area contributed by atoms with Crippen LogP contribution in [0.5, 0.6) is 0 Å². The van der Waals surface area contributed by atoms with Gasteiger partial charge in [-0.15, -0.1) is 0 Å². The molecule has 0 amide bonds. The number of rotatable bonds is 13. The molecule has 18 N–H and O–H groups in total. The Labute approximate surface area is 303 Å². The van der Waals surface area contributed by atoms with Gasteiger partial charge in [-0.05, 0) is 6.92 Å². The van der Waals surface area contributed by atoms with Gasteiger partial charge in [0.1, 0.15) is 73.2 Å². The van der Waals surface area contributed by atoms with Crippen LogP contribution in [0.2, 0.25) is 0 Å².